The molecule has 1 saturated carbocycles. The van der Waals surface area contributed by atoms with E-state index in [0.29, 0.717) is 17.2 Å². The Hall–Kier alpha value is -2.80. The third-order valence-corrected chi connectivity index (χ3v) is 4.46. The van der Waals surface area contributed by atoms with Crippen LogP contribution in [-0.2, 0) is 0 Å². The molecule has 2 heterocycles. The van der Waals surface area contributed by atoms with Crippen molar-refractivity contribution in [3.63, 3.8) is 0 Å². The monoisotopic (exact) mass is 354 g/mol. The van der Waals surface area contributed by atoms with Gasteiger partial charge in [-0.3, -0.25) is 14.6 Å². The molecule has 1 aliphatic rings. The Labute approximate surface area is 151 Å². The predicted octanol–water partition coefficient (Wildman–Crippen LogP) is 1.36. The summed E-state index contributed by atoms with van der Waals surface area (Å²) in [6.07, 6.45) is -0.187. The molecule has 2 aromatic rings. The predicted molar refractivity (Wildman–Crippen MR) is 95.7 cm³/mol. The van der Waals surface area contributed by atoms with E-state index in [1.165, 1.54) is 19.2 Å². The number of pyridine rings is 2. The minimum Gasteiger partial charge on any atom is -0.380 e. The Kier molecular flexibility index (Phi) is 4.99. The molecule has 1 aliphatic carbocycles. The SMILES string of the molecule is CNC(=O)c1cc(C(=O)NC2CC2C)cc(C(O)c2cccc(C)n2)n1. The van der Waals surface area contributed by atoms with Crippen LogP contribution in [0.1, 0.15) is 57.4 Å². The van der Waals surface area contributed by atoms with Crippen LogP contribution < -0.4 is 10.6 Å². The normalized spacial score (nSPS) is 19.5. The quantitative estimate of drug-likeness (QED) is 0.752. The first kappa shape index (κ1) is 18.0. The van der Waals surface area contributed by atoms with Crippen molar-refractivity contribution in [1.82, 2.24) is 20.6 Å². The third-order valence-electron chi connectivity index (χ3n) is 4.46. The van der Waals surface area contributed by atoms with Gasteiger partial charge in [-0.1, -0.05) is 13.0 Å². The van der Waals surface area contributed by atoms with Crippen LogP contribution in [0.3, 0.4) is 0 Å². The van der Waals surface area contributed by atoms with Gasteiger partial charge in [0, 0.05) is 24.3 Å². The lowest BCUT2D eigenvalue weighted by molar-refractivity contribution is 0.0949. The van der Waals surface area contributed by atoms with Gasteiger partial charge >= 0.3 is 0 Å². The zero-order chi connectivity index (χ0) is 18.8. The van der Waals surface area contributed by atoms with Gasteiger partial charge in [0.25, 0.3) is 11.8 Å². The van der Waals surface area contributed by atoms with E-state index in [1.54, 1.807) is 12.1 Å². The van der Waals surface area contributed by atoms with Crippen molar-refractivity contribution in [3.05, 3.63) is 58.7 Å². The van der Waals surface area contributed by atoms with E-state index in [0.717, 1.165) is 12.1 Å². The van der Waals surface area contributed by atoms with Crippen LogP contribution >= 0.6 is 0 Å². The molecular weight excluding hydrogens is 332 g/mol. The Bertz CT molecular complexity index is 852. The maximum atomic E-state index is 12.5. The summed E-state index contributed by atoms with van der Waals surface area (Å²) in [4.78, 5) is 33.1. The van der Waals surface area contributed by atoms with E-state index in [-0.39, 0.29) is 23.3 Å². The Morgan fingerprint density at radius 2 is 1.92 bits per heavy atom. The number of amides is 2. The van der Waals surface area contributed by atoms with E-state index < -0.39 is 12.0 Å². The van der Waals surface area contributed by atoms with Crippen molar-refractivity contribution in [2.45, 2.75) is 32.4 Å². The molecule has 2 amide bonds. The molecule has 7 heteroatoms. The fraction of sp³-hybridized carbons (Fsp3) is 0.368. The summed E-state index contributed by atoms with van der Waals surface area (Å²) >= 11 is 0. The molecule has 1 fully saturated rings. The minimum atomic E-state index is -1.13. The van der Waals surface area contributed by atoms with Crippen LogP contribution in [0.5, 0.6) is 0 Å². The molecule has 0 aromatic carbocycles. The van der Waals surface area contributed by atoms with Crippen LogP contribution in [0.15, 0.2) is 30.3 Å². The summed E-state index contributed by atoms with van der Waals surface area (Å²) in [5.41, 5.74) is 1.74. The number of nitrogens with one attached hydrogen (secondary N) is 2. The van der Waals surface area contributed by atoms with Crippen LogP contribution in [0, 0.1) is 12.8 Å². The van der Waals surface area contributed by atoms with Crippen molar-refractivity contribution >= 4 is 11.8 Å². The highest BCUT2D eigenvalue weighted by atomic mass is 16.3. The van der Waals surface area contributed by atoms with Gasteiger partial charge in [-0.15, -0.1) is 0 Å². The number of aliphatic hydroxyl groups excluding tert-OH is 1. The first-order valence-electron chi connectivity index (χ1n) is 8.55. The topological polar surface area (TPSA) is 104 Å². The van der Waals surface area contributed by atoms with E-state index in [4.69, 9.17) is 0 Å². The Balaban J connectivity index is 1.96. The molecule has 2 aromatic heterocycles. The number of hydrogen-bond donors (Lipinski definition) is 3. The van der Waals surface area contributed by atoms with Gasteiger partial charge in [0.05, 0.1) is 11.4 Å². The van der Waals surface area contributed by atoms with Gasteiger partial charge in [-0.25, -0.2) is 4.98 Å². The molecule has 3 atom stereocenters. The summed E-state index contributed by atoms with van der Waals surface area (Å²) in [6.45, 7) is 3.88. The first-order valence-corrected chi connectivity index (χ1v) is 8.55. The number of aromatic nitrogens is 2. The summed E-state index contributed by atoms with van der Waals surface area (Å²) in [6, 6.07) is 8.37. The summed E-state index contributed by atoms with van der Waals surface area (Å²) < 4.78 is 0. The van der Waals surface area contributed by atoms with Gasteiger partial charge in [0.1, 0.15) is 11.8 Å². The Morgan fingerprint density at radius 3 is 2.54 bits per heavy atom. The Morgan fingerprint density at radius 1 is 1.19 bits per heavy atom. The van der Waals surface area contributed by atoms with Crippen molar-refractivity contribution in [2.24, 2.45) is 5.92 Å². The molecular formula is C19H22N4O3. The number of nitrogens with zero attached hydrogens (tertiary/aromatic N) is 2. The van der Waals surface area contributed by atoms with Crippen molar-refractivity contribution < 1.29 is 14.7 Å². The summed E-state index contributed by atoms with van der Waals surface area (Å²) in [5, 5.41) is 16.1. The zero-order valence-corrected chi connectivity index (χ0v) is 15.0. The fourth-order valence-corrected chi connectivity index (χ4v) is 2.71. The first-order chi connectivity index (χ1) is 12.4. The highest BCUT2D eigenvalue weighted by Crippen LogP contribution is 2.29. The van der Waals surface area contributed by atoms with Gasteiger partial charge < -0.3 is 15.7 Å². The standard InChI is InChI=1S/C19H22N4O3/c1-10-7-14(10)23-18(25)12-8-15(22-16(9-12)19(26)20-3)17(24)13-6-4-5-11(2)21-13/h4-6,8-10,14,17,24H,7H2,1-3H3,(H,20,26)(H,23,25). The molecule has 3 N–H and O–H groups in total. The van der Waals surface area contributed by atoms with E-state index in [9.17, 15) is 14.7 Å². The molecule has 26 heavy (non-hydrogen) atoms. The van der Waals surface area contributed by atoms with Crippen molar-refractivity contribution in [1.29, 1.82) is 0 Å². The molecule has 0 bridgehead atoms. The third kappa shape index (κ3) is 3.88. The lowest BCUT2D eigenvalue weighted by Gasteiger charge is -2.14. The molecule has 0 radical (unpaired) electrons. The van der Waals surface area contributed by atoms with Crippen molar-refractivity contribution in [2.75, 3.05) is 7.05 Å². The number of carbonyl (C=O) groups is 2. The van der Waals surface area contributed by atoms with Crippen LogP contribution in [0.25, 0.3) is 0 Å². The summed E-state index contributed by atoms with van der Waals surface area (Å²) in [7, 11) is 1.49. The molecule has 0 saturated heterocycles. The second kappa shape index (κ2) is 7.21. The lowest BCUT2D eigenvalue weighted by Crippen LogP contribution is -2.28. The maximum Gasteiger partial charge on any atom is 0.269 e. The fourth-order valence-electron chi connectivity index (χ4n) is 2.71. The largest absolute Gasteiger partial charge is 0.380 e. The second-order valence-corrected chi connectivity index (χ2v) is 6.64. The van der Waals surface area contributed by atoms with Gasteiger partial charge in [0.2, 0.25) is 0 Å². The number of carbonyl (C=O) groups excluding carboxylic acids is 2. The average Bonchev–Trinajstić information content (AvgIpc) is 3.34. The van der Waals surface area contributed by atoms with Crippen LogP contribution in [-0.4, -0.2) is 40.0 Å². The number of aryl methyl sites for hydroxylation is 1. The lowest BCUT2D eigenvalue weighted by atomic mass is 10.1. The second-order valence-electron chi connectivity index (χ2n) is 6.64. The summed E-state index contributed by atoms with van der Waals surface area (Å²) in [5.74, 6) is -0.247. The molecule has 0 aliphatic heterocycles. The van der Waals surface area contributed by atoms with Gasteiger partial charge in [-0.2, -0.15) is 0 Å². The minimum absolute atomic E-state index is 0.0747. The van der Waals surface area contributed by atoms with E-state index in [1.807, 2.05) is 13.0 Å². The maximum absolute atomic E-state index is 12.5. The molecule has 3 unspecified atom stereocenters. The van der Waals surface area contributed by atoms with Gasteiger partial charge in [-0.05, 0) is 43.5 Å². The number of rotatable bonds is 5. The molecule has 7 nitrogen and oxygen atoms in total. The van der Waals surface area contributed by atoms with Crippen LogP contribution in [0.4, 0.5) is 0 Å². The van der Waals surface area contributed by atoms with Crippen LogP contribution in [0.2, 0.25) is 0 Å². The highest BCUT2D eigenvalue weighted by Gasteiger charge is 2.34. The number of aliphatic hydroxyl groups is 1. The van der Waals surface area contributed by atoms with E-state index >= 15 is 0 Å². The zero-order valence-electron chi connectivity index (χ0n) is 15.0. The van der Waals surface area contributed by atoms with E-state index in [2.05, 4.69) is 27.5 Å². The van der Waals surface area contributed by atoms with Crippen molar-refractivity contribution in [3.8, 4) is 0 Å². The molecule has 3 rings (SSSR count). The molecule has 136 valence electrons. The number of hydrogen-bond acceptors (Lipinski definition) is 5. The highest BCUT2D eigenvalue weighted by molar-refractivity contribution is 5.98. The molecule has 0 spiro atoms. The average molecular weight is 354 g/mol. The van der Waals surface area contributed by atoms with Gasteiger partial charge in [0.15, 0.2) is 0 Å². The smallest absolute Gasteiger partial charge is 0.269 e.